The molecule has 12 aromatic rings. The zero-order valence-electron chi connectivity index (χ0n) is 36.4. The molecule has 1 spiro atoms. The maximum atomic E-state index is 10.1. The van der Waals surface area contributed by atoms with Gasteiger partial charge in [-0.3, -0.25) is 9.97 Å². The number of hydrogen-bond acceptors (Lipinski definition) is 5. The van der Waals surface area contributed by atoms with Crippen LogP contribution < -0.4 is 9.64 Å². The minimum absolute atomic E-state index is 0.618. The number of benzene rings is 8. The lowest BCUT2D eigenvalue weighted by molar-refractivity contribution is 0.435. The third kappa shape index (κ3) is 4.80. The molecule has 7 heteroatoms. The second kappa shape index (κ2) is 13.6. The van der Waals surface area contributed by atoms with Crippen molar-refractivity contribution in [1.29, 1.82) is 5.26 Å². The Kier molecular flexibility index (Phi) is 7.43. The van der Waals surface area contributed by atoms with E-state index in [-0.39, 0.29) is 0 Å². The Labute approximate surface area is 390 Å². The van der Waals surface area contributed by atoms with Gasteiger partial charge in [0.1, 0.15) is 11.5 Å². The van der Waals surface area contributed by atoms with Crippen molar-refractivity contribution >= 4 is 60.7 Å². The molecular formula is C61H36N6O. The highest BCUT2D eigenvalue weighted by Gasteiger charge is 2.54. The number of nitrogens with zero attached hydrogens (tertiary/aromatic N) is 6. The van der Waals surface area contributed by atoms with Crippen LogP contribution in [0.15, 0.2) is 207 Å². The number of fused-ring (bicyclic) bond motifs is 17. The van der Waals surface area contributed by atoms with Gasteiger partial charge in [0, 0.05) is 74.0 Å². The smallest absolute Gasteiger partial charge is 0.134 e. The van der Waals surface area contributed by atoms with Crippen molar-refractivity contribution in [3.63, 3.8) is 0 Å². The van der Waals surface area contributed by atoms with Crippen molar-refractivity contribution in [2.24, 2.45) is 0 Å². The predicted molar refractivity (Wildman–Crippen MR) is 270 cm³/mol. The average molecular weight is 869 g/mol. The normalized spacial score (nSPS) is 15.1. The van der Waals surface area contributed by atoms with Crippen LogP contribution in [0.25, 0.3) is 66.4 Å². The zero-order chi connectivity index (χ0) is 44.7. The molecule has 4 aromatic heterocycles. The summed E-state index contributed by atoms with van der Waals surface area (Å²) in [5, 5.41) is 14.6. The number of pyridine rings is 2. The molecule has 15 rings (SSSR count). The fourth-order valence-electron chi connectivity index (χ4n) is 12.0. The number of hydrogen-bond donors (Lipinski definition) is 0. The molecule has 8 aromatic carbocycles. The topological polar surface area (TPSA) is 71.9 Å². The highest BCUT2D eigenvalue weighted by atomic mass is 16.5. The standard InChI is InChI=1S/C61H36N6O/c62-35-37-26-29-54-45(31-37)44-17-5-10-23-53(44)67(54)55-24-11-25-56-58(55)61(46-28-27-40(34-57(46)68-56)65-51-21-8-3-15-42(51)43-16-4-9-22-52(43)65)47-18-12-30-63-59(47)60-48(61)33-41(36-64-60)66-49-19-6-1-13-38(49)32-39-14-2-7-20-50(39)66/h1-31,33-34,36H,32H2. The van der Waals surface area contributed by atoms with Gasteiger partial charge in [0.2, 0.25) is 0 Å². The van der Waals surface area contributed by atoms with Crippen LogP contribution in [0.3, 0.4) is 0 Å². The number of rotatable bonds is 3. The van der Waals surface area contributed by atoms with Gasteiger partial charge in [-0.1, -0.05) is 109 Å². The van der Waals surface area contributed by atoms with Crippen LogP contribution in [-0.4, -0.2) is 19.1 Å². The lowest BCUT2D eigenvalue weighted by Gasteiger charge is -2.41. The Morgan fingerprint density at radius 2 is 1.10 bits per heavy atom. The van der Waals surface area contributed by atoms with Gasteiger partial charge in [-0.15, -0.1) is 0 Å². The van der Waals surface area contributed by atoms with E-state index in [0.29, 0.717) is 5.56 Å². The largest absolute Gasteiger partial charge is 0.457 e. The SMILES string of the molecule is N#Cc1ccc2c(c1)c1ccccc1n2-c1cccc2c1C1(c3ccc(-n4c5ccccc5c5ccccc54)cc3O2)c2cccnc2-c2ncc(N3c4ccccc4Cc4ccccc43)cc21. The molecule has 316 valence electrons. The average Bonchev–Trinajstić information content (AvgIpc) is 4.01. The van der Waals surface area contributed by atoms with E-state index in [1.807, 2.05) is 24.5 Å². The summed E-state index contributed by atoms with van der Waals surface area (Å²) < 4.78 is 12.1. The molecule has 0 N–H and O–H groups in total. The molecule has 3 aliphatic rings. The van der Waals surface area contributed by atoms with Gasteiger partial charge < -0.3 is 18.8 Å². The van der Waals surface area contributed by atoms with Crippen LogP contribution in [0.5, 0.6) is 11.5 Å². The predicted octanol–water partition coefficient (Wildman–Crippen LogP) is 14.4. The van der Waals surface area contributed by atoms with Gasteiger partial charge in [-0.25, -0.2) is 0 Å². The summed E-state index contributed by atoms with van der Waals surface area (Å²) >= 11 is 0. The van der Waals surface area contributed by atoms with Crippen LogP contribution in [0.4, 0.5) is 17.1 Å². The fourth-order valence-corrected chi connectivity index (χ4v) is 12.0. The lowest BCUT2D eigenvalue weighted by Crippen LogP contribution is -2.34. The maximum Gasteiger partial charge on any atom is 0.134 e. The second-order valence-corrected chi connectivity index (χ2v) is 18.0. The number of ether oxygens (including phenoxy) is 1. The molecular weight excluding hydrogens is 833 g/mol. The highest BCUT2D eigenvalue weighted by Crippen LogP contribution is 2.64. The molecule has 1 unspecified atom stereocenters. The molecule has 1 aliphatic carbocycles. The molecule has 0 fully saturated rings. The van der Waals surface area contributed by atoms with E-state index in [9.17, 15) is 5.26 Å². The maximum absolute atomic E-state index is 10.1. The number of aromatic nitrogens is 4. The van der Waals surface area contributed by atoms with E-state index in [1.165, 1.54) is 21.9 Å². The molecule has 7 nitrogen and oxygen atoms in total. The molecule has 2 aliphatic heterocycles. The Morgan fingerprint density at radius 3 is 1.84 bits per heavy atom. The van der Waals surface area contributed by atoms with Crippen LogP contribution in [0.1, 0.15) is 38.9 Å². The van der Waals surface area contributed by atoms with E-state index in [0.717, 1.165) is 113 Å². The van der Waals surface area contributed by atoms with Gasteiger partial charge in [0.25, 0.3) is 0 Å². The number of para-hydroxylation sites is 5. The van der Waals surface area contributed by atoms with E-state index in [4.69, 9.17) is 14.7 Å². The third-order valence-corrected chi connectivity index (χ3v) is 14.7. The Balaban J connectivity index is 1.07. The van der Waals surface area contributed by atoms with Gasteiger partial charge in [-0.05, 0) is 95.6 Å². The molecule has 0 radical (unpaired) electrons. The molecule has 1 atom stereocenters. The quantitative estimate of drug-likeness (QED) is 0.177. The molecule has 0 saturated carbocycles. The van der Waals surface area contributed by atoms with E-state index in [1.54, 1.807) is 0 Å². The van der Waals surface area contributed by atoms with Crippen LogP contribution in [0.2, 0.25) is 0 Å². The highest BCUT2D eigenvalue weighted by molar-refractivity contribution is 6.11. The summed E-state index contributed by atoms with van der Waals surface area (Å²) in [4.78, 5) is 13.0. The van der Waals surface area contributed by atoms with Crippen LogP contribution in [0, 0.1) is 11.3 Å². The molecule has 0 bridgehead atoms. The first-order chi connectivity index (χ1) is 33.7. The molecule has 0 amide bonds. The number of nitriles is 1. The summed E-state index contributed by atoms with van der Waals surface area (Å²) in [7, 11) is 0. The fraction of sp³-hybridized carbons (Fsp3) is 0.0328. The van der Waals surface area contributed by atoms with Crippen LogP contribution >= 0.6 is 0 Å². The molecule has 6 heterocycles. The Morgan fingerprint density at radius 1 is 0.471 bits per heavy atom. The van der Waals surface area contributed by atoms with E-state index >= 15 is 0 Å². The Bertz CT molecular complexity index is 4110. The van der Waals surface area contributed by atoms with Gasteiger partial charge >= 0.3 is 0 Å². The van der Waals surface area contributed by atoms with Crippen LogP contribution in [-0.2, 0) is 11.8 Å². The van der Waals surface area contributed by atoms with Gasteiger partial charge in [0.15, 0.2) is 0 Å². The second-order valence-electron chi connectivity index (χ2n) is 18.0. The third-order valence-electron chi connectivity index (χ3n) is 14.7. The van der Waals surface area contributed by atoms with Crippen molar-refractivity contribution in [2.75, 3.05) is 4.90 Å². The molecule has 0 saturated heterocycles. The van der Waals surface area contributed by atoms with E-state index in [2.05, 4.69) is 202 Å². The molecule has 68 heavy (non-hydrogen) atoms. The van der Waals surface area contributed by atoms with Crippen molar-refractivity contribution in [3.8, 4) is 40.3 Å². The minimum Gasteiger partial charge on any atom is -0.457 e. The summed E-state index contributed by atoms with van der Waals surface area (Å²) in [6.07, 6.45) is 4.75. The van der Waals surface area contributed by atoms with Crippen molar-refractivity contribution < 1.29 is 4.74 Å². The van der Waals surface area contributed by atoms with Gasteiger partial charge in [-0.2, -0.15) is 5.26 Å². The lowest BCUT2D eigenvalue weighted by atomic mass is 9.65. The van der Waals surface area contributed by atoms with E-state index < -0.39 is 5.41 Å². The number of anilines is 3. The zero-order valence-corrected chi connectivity index (χ0v) is 36.4. The first kappa shape index (κ1) is 37.0. The first-order valence-corrected chi connectivity index (χ1v) is 23.0. The van der Waals surface area contributed by atoms with Crippen molar-refractivity contribution in [3.05, 3.63) is 245 Å². The first-order valence-electron chi connectivity index (χ1n) is 23.0. The summed E-state index contributed by atoms with van der Waals surface area (Å²) in [6.45, 7) is 0. The summed E-state index contributed by atoms with van der Waals surface area (Å²) in [5.74, 6) is 1.51. The Hall–Kier alpha value is -9.25. The summed E-state index contributed by atoms with van der Waals surface area (Å²) in [6, 6.07) is 71.4. The van der Waals surface area contributed by atoms with Crippen molar-refractivity contribution in [2.45, 2.75) is 11.8 Å². The minimum atomic E-state index is -0.958. The van der Waals surface area contributed by atoms with Crippen molar-refractivity contribution in [1.82, 2.24) is 19.1 Å². The van der Waals surface area contributed by atoms with Gasteiger partial charge in [0.05, 0.1) is 68.1 Å². The monoisotopic (exact) mass is 868 g/mol. The summed E-state index contributed by atoms with van der Waals surface area (Å²) in [5.41, 5.74) is 17.4.